The molecule has 0 saturated carbocycles. The van der Waals surface area contributed by atoms with Gasteiger partial charge in [0.1, 0.15) is 11.3 Å². The molecule has 5 nitrogen and oxygen atoms in total. The van der Waals surface area contributed by atoms with Crippen LogP contribution in [0.4, 0.5) is 0 Å². The fourth-order valence-corrected chi connectivity index (χ4v) is 3.62. The molecule has 0 N–H and O–H groups in total. The van der Waals surface area contributed by atoms with E-state index in [4.69, 9.17) is 9.15 Å². The molecule has 2 aliphatic heterocycles. The topological polar surface area (TPSA) is 45.9 Å². The highest BCUT2D eigenvalue weighted by atomic mass is 16.5. The van der Waals surface area contributed by atoms with Gasteiger partial charge >= 0.3 is 0 Å². The first-order chi connectivity index (χ1) is 10.6. The van der Waals surface area contributed by atoms with Gasteiger partial charge in [-0.05, 0) is 20.0 Å². The molecule has 0 bridgehead atoms. The molecule has 2 fully saturated rings. The van der Waals surface area contributed by atoms with Gasteiger partial charge in [0, 0.05) is 25.0 Å². The molecule has 2 aromatic rings. The molecule has 0 radical (unpaired) electrons. The van der Waals surface area contributed by atoms with Crippen LogP contribution in [0.25, 0.3) is 11.0 Å². The summed E-state index contributed by atoms with van der Waals surface area (Å²) in [4.78, 5) is 17.2. The molecular formula is C17H20N2O3. The van der Waals surface area contributed by atoms with Crippen LogP contribution < -0.4 is 0 Å². The second kappa shape index (κ2) is 5.11. The fraction of sp³-hybridized carbons (Fsp3) is 0.471. The number of fused-ring (bicyclic) bond motifs is 2. The molecule has 2 aliphatic rings. The Morgan fingerprint density at radius 2 is 2.09 bits per heavy atom. The summed E-state index contributed by atoms with van der Waals surface area (Å²) in [6, 6.07) is 8.02. The molecule has 0 aliphatic carbocycles. The number of para-hydroxylation sites is 1. The third-order valence-corrected chi connectivity index (χ3v) is 4.85. The highest BCUT2D eigenvalue weighted by Crippen LogP contribution is 2.29. The minimum absolute atomic E-state index is 0.0499. The maximum absolute atomic E-state index is 13.0. The Kier molecular flexibility index (Phi) is 3.20. The third-order valence-electron chi connectivity index (χ3n) is 4.85. The molecule has 4 rings (SSSR count). The number of ether oxygens (including phenoxy) is 1. The predicted octanol–water partition coefficient (Wildman–Crippen LogP) is 1.90. The Labute approximate surface area is 129 Å². The number of amides is 1. The summed E-state index contributed by atoms with van der Waals surface area (Å²) in [6.07, 6.45) is 0.126. The van der Waals surface area contributed by atoms with Crippen molar-refractivity contribution in [1.29, 1.82) is 0 Å². The maximum atomic E-state index is 13.0. The van der Waals surface area contributed by atoms with Crippen LogP contribution in [0.3, 0.4) is 0 Å². The van der Waals surface area contributed by atoms with Crippen LogP contribution in [0.2, 0.25) is 0 Å². The van der Waals surface area contributed by atoms with Crippen LogP contribution in [0.1, 0.15) is 16.1 Å². The molecule has 1 aromatic carbocycles. The van der Waals surface area contributed by atoms with E-state index in [1.807, 2.05) is 36.1 Å². The average molecular weight is 300 g/mol. The van der Waals surface area contributed by atoms with E-state index >= 15 is 0 Å². The van der Waals surface area contributed by atoms with Crippen molar-refractivity contribution in [3.05, 3.63) is 35.6 Å². The molecule has 22 heavy (non-hydrogen) atoms. The number of rotatable bonds is 1. The lowest BCUT2D eigenvalue weighted by Gasteiger charge is -2.33. The fourth-order valence-electron chi connectivity index (χ4n) is 3.62. The normalized spacial score (nSPS) is 25.6. The van der Waals surface area contributed by atoms with Crippen molar-refractivity contribution in [3.63, 3.8) is 0 Å². The lowest BCUT2D eigenvalue weighted by Crippen LogP contribution is -2.48. The minimum Gasteiger partial charge on any atom is -0.461 e. The molecule has 2 atom stereocenters. The molecule has 116 valence electrons. The number of furan rings is 1. The lowest BCUT2D eigenvalue weighted by molar-refractivity contribution is -0.0368. The summed E-state index contributed by atoms with van der Waals surface area (Å²) in [5, 5.41) is 0.897. The summed E-state index contributed by atoms with van der Waals surface area (Å²) in [6.45, 7) is 4.91. The maximum Gasteiger partial charge on any atom is 0.258 e. The molecule has 0 spiro atoms. The Bertz CT molecular complexity index is 724. The van der Waals surface area contributed by atoms with Crippen LogP contribution >= 0.6 is 0 Å². The second-order valence-corrected chi connectivity index (χ2v) is 6.20. The van der Waals surface area contributed by atoms with Crippen molar-refractivity contribution in [2.75, 3.05) is 33.3 Å². The highest BCUT2D eigenvalue weighted by Gasteiger charge is 2.41. The highest BCUT2D eigenvalue weighted by molar-refractivity contribution is 6.07. The van der Waals surface area contributed by atoms with Crippen LogP contribution in [0.15, 0.2) is 28.7 Å². The van der Waals surface area contributed by atoms with E-state index in [9.17, 15) is 4.79 Å². The van der Waals surface area contributed by atoms with E-state index in [0.717, 1.165) is 30.7 Å². The number of benzene rings is 1. The first kappa shape index (κ1) is 13.8. The zero-order valence-electron chi connectivity index (χ0n) is 12.9. The van der Waals surface area contributed by atoms with Crippen LogP contribution in [-0.4, -0.2) is 61.1 Å². The van der Waals surface area contributed by atoms with E-state index in [2.05, 4.69) is 11.9 Å². The zero-order chi connectivity index (χ0) is 15.3. The first-order valence-corrected chi connectivity index (χ1v) is 7.74. The van der Waals surface area contributed by atoms with Gasteiger partial charge in [0.15, 0.2) is 0 Å². The smallest absolute Gasteiger partial charge is 0.258 e. The van der Waals surface area contributed by atoms with E-state index < -0.39 is 0 Å². The van der Waals surface area contributed by atoms with Crippen LogP contribution in [-0.2, 0) is 4.74 Å². The van der Waals surface area contributed by atoms with Crippen LogP contribution in [0, 0.1) is 6.92 Å². The standard InChI is InChI=1S/C17H20N2O3/c1-11-16(12-5-3-4-6-14(12)22-11)17(20)19-9-13-15(10-19)21-8-7-18(13)2/h3-6,13,15H,7-10H2,1-2H3/t13-,15+/m0/s1. The molecule has 3 heterocycles. The largest absolute Gasteiger partial charge is 0.461 e. The zero-order valence-corrected chi connectivity index (χ0v) is 12.9. The monoisotopic (exact) mass is 300 g/mol. The Hall–Kier alpha value is -1.85. The number of likely N-dealkylation sites (tertiary alicyclic amines) is 1. The van der Waals surface area contributed by atoms with E-state index in [-0.39, 0.29) is 12.0 Å². The molecule has 1 amide bonds. The van der Waals surface area contributed by atoms with Gasteiger partial charge in [0.2, 0.25) is 0 Å². The van der Waals surface area contributed by atoms with Crippen molar-refractivity contribution in [2.24, 2.45) is 0 Å². The van der Waals surface area contributed by atoms with Crippen LogP contribution in [0.5, 0.6) is 0 Å². The summed E-state index contributed by atoms with van der Waals surface area (Å²) < 4.78 is 11.6. The predicted molar refractivity (Wildman–Crippen MR) is 83.0 cm³/mol. The van der Waals surface area contributed by atoms with Crippen molar-refractivity contribution < 1.29 is 13.9 Å². The van der Waals surface area contributed by atoms with Crippen molar-refractivity contribution in [1.82, 2.24) is 9.80 Å². The average Bonchev–Trinajstić information content (AvgIpc) is 3.07. The Morgan fingerprint density at radius 3 is 2.91 bits per heavy atom. The number of morpholine rings is 1. The van der Waals surface area contributed by atoms with Crippen molar-refractivity contribution in [3.8, 4) is 0 Å². The van der Waals surface area contributed by atoms with Gasteiger partial charge in [-0.1, -0.05) is 18.2 Å². The minimum atomic E-state index is 0.0499. The number of likely N-dealkylation sites (N-methyl/N-ethyl adjacent to an activating group) is 1. The van der Waals surface area contributed by atoms with Crippen molar-refractivity contribution >= 4 is 16.9 Å². The first-order valence-electron chi connectivity index (χ1n) is 7.74. The van der Waals surface area contributed by atoms with Gasteiger partial charge in [0.25, 0.3) is 5.91 Å². The van der Waals surface area contributed by atoms with Gasteiger partial charge in [0.05, 0.1) is 24.3 Å². The summed E-state index contributed by atoms with van der Waals surface area (Å²) in [5.41, 5.74) is 1.46. The molecule has 2 saturated heterocycles. The quantitative estimate of drug-likeness (QED) is 0.807. The van der Waals surface area contributed by atoms with E-state index in [1.54, 1.807) is 0 Å². The third kappa shape index (κ3) is 2.04. The number of carbonyl (C=O) groups excluding carboxylic acids is 1. The molecule has 5 heteroatoms. The summed E-state index contributed by atoms with van der Waals surface area (Å²) in [7, 11) is 2.10. The van der Waals surface area contributed by atoms with Gasteiger partial charge in [-0.15, -0.1) is 0 Å². The van der Waals surface area contributed by atoms with Gasteiger partial charge in [-0.3, -0.25) is 9.69 Å². The van der Waals surface area contributed by atoms with Crippen molar-refractivity contribution in [2.45, 2.75) is 19.1 Å². The number of carbonyl (C=O) groups is 1. The van der Waals surface area contributed by atoms with Gasteiger partial charge in [-0.2, -0.15) is 0 Å². The molecule has 1 aromatic heterocycles. The number of nitrogens with zero attached hydrogens (tertiary/aromatic N) is 2. The van der Waals surface area contributed by atoms with Gasteiger partial charge < -0.3 is 14.1 Å². The van der Waals surface area contributed by atoms with Gasteiger partial charge in [-0.25, -0.2) is 0 Å². The van der Waals surface area contributed by atoms with E-state index in [0.29, 0.717) is 23.9 Å². The Morgan fingerprint density at radius 1 is 1.27 bits per heavy atom. The summed E-state index contributed by atoms with van der Waals surface area (Å²) in [5.74, 6) is 0.740. The van der Waals surface area contributed by atoms with E-state index in [1.165, 1.54) is 0 Å². The second-order valence-electron chi connectivity index (χ2n) is 6.20. The lowest BCUT2D eigenvalue weighted by atomic mass is 10.1. The SMILES string of the molecule is Cc1oc2ccccc2c1C(=O)N1C[C@H]2OCCN(C)[C@H]2C1. The Balaban J connectivity index is 1.65. The number of aryl methyl sites for hydroxylation is 1. The molecular weight excluding hydrogens is 280 g/mol. The number of hydrogen-bond donors (Lipinski definition) is 0. The number of hydrogen-bond acceptors (Lipinski definition) is 4. The summed E-state index contributed by atoms with van der Waals surface area (Å²) >= 11 is 0. The molecule has 0 unspecified atom stereocenters.